The van der Waals surface area contributed by atoms with Crippen LogP contribution in [0.15, 0.2) is 36.4 Å². The third kappa shape index (κ3) is 1.03. The van der Waals surface area contributed by atoms with Crippen LogP contribution in [0.5, 0.6) is 5.75 Å². The Labute approximate surface area is 75.2 Å². The fraction of sp³-hybridized carbons (Fsp3) is 0. The molecule has 2 aromatic carbocycles. The van der Waals surface area contributed by atoms with Gasteiger partial charge in [0.2, 0.25) is 0 Å². The minimum atomic E-state index is 0.0231. The van der Waals surface area contributed by atoms with Crippen molar-refractivity contribution in [3.8, 4) is 5.75 Å². The zero-order valence-corrected chi connectivity index (χ0v) is 7.01. The Balaban J connectivity index is 2.94. The van der Waals surface area contributed by atoms with Gasteiger partial charge in [0.1, 0.15) is 0 Å². The lowest BCUT2D eigenvalue weighted by Gasteiger charge is -1.99. The van der Waals surface area contributed by atoms with Gasteiger partial charge in [-0.25, -0.2) is 0 Å². The van der Waals surface area contributed by atoms with Gasteiger partial charge in [0.15, 0.2) is 5.75 Å². The SMILES string of the molecule is [O]c1cccc2c(Cl)cccc12. The van der Waals surface area contributed by atoms with Gasteiger partial charge in [-0.1, -0.05) is 35.9 Å². The van der Waals surface area contributed by atoms with Crippen LogP contribution in [-0.4, -0.2) is 0 Å². The molecule has 0 atom stereocenters. The quantitative estimate of drug-likeness (QED) is 0.586. The second-order valence-corrected chi connectivity index (χ2v) is 3.00. The van der Waals surface area contributed by atoms with Crippen molar-refractivity contribution < 1.29 is 5.11 Å². The van der Waals surface area contributed by atoms with Crippen molar-refractivity contribution in [1.82, 2.24) is 0 Å². The number of fused-ring (bicyclic) bond motifs is 1. The summed E-state index contributed by atoms with van der Waals surface area (Å²) >= 11 is 5.89. The van der Waals surface area contributed by atoms with Crippen molar-refractivity contribution in [3.05, 3.63) is 41.4 Å². The monoisotopic (exact) mass is 177 g/mol. The van der Waals surface area contributed by atoms with E-state index in [0.29, 0.717) is 10.4 Å². The third-order valence-electron chi connectivity index (χ3n) is 1.83. The molecule has 0 N–H and O–H groups in total. The van der Waals surface area contributed by atoms with Crippen LogP contribution < -0.4 is 0 Å². The number of hydrogen-bond donors (Lipinski definition) is 0. The molecule has 0 unspecified atom stereocenters. The van der Waals surface area contributed by atoms with Gasteiger partial charge in [-0.15, -0.1) is 0 Å². The van der Waals surface area contributed by atoms with E-state index in [9.17, 15) is 5.11 Å². The molecule has 0 aliphatic rings. The first-order valence-corrected chi connectivity index (χ1v) is 4.01. The van der Waals surface area contributed by atoms with E-state index in [0.717, 1.165) is 5.39 Å². The highest BCUT2D eigenvalue weighted by Crippen LogP contribution is 2.29. The molecule has 0 fully saturated rings. The van der Waals surface area contributed by atoms with Crippen LogP contribution in [0.3, 0.4) is 0 Å². The lowest BCUT2D eigenvalue weighted by Crippen LogP contribution is -1.73. The first kappa shape index (κ1) is 7.44. The van der Waals surface area contributed by atoms with Crippen LogP contribution in [0, 0.1) is 0 Å². The van der Waals surface area contributed by atoms with Crippen molar-refractivity contribution >= 4 is 22.4 Å². The average molecular weight is 178 g/mol. The van der Waals surface area contributed by atoms with E-state index >= 15 is 0 Å². The Hall–Kier alpha value is -1.21. The summed E-state index contributed by atoms with van der Waals surface area (Å²) in [6.07, 6.45) is 0. The Morgan fingerprint density at radius 3 is 2.33 bits per heavy atom. The molecule has 1 radical (unpaired) electrons. The van der Waals surface area contributed by atoms with E-state index in [1.807, 2.05) is 6.07 Å². The molecule has 0 saturated carbocycles. The molecule has 2 aromatic rings. The Morgan fingerprint density at radius 2 is 1.58 bits per heavy atom. The second kappa shape index (κ2) is 2.68. The van der Waals surface area contributed by atoms with Gasteiger partial charge in [0.25, 0.3) is 0 Å². The summed E-state index contributed by atoms with van der Waals surface area (Å²) < 4.78 is 0. The first-order chi connectivity index (χ1) is 5.79. The van der Waals surface area contributed by atoms with E-state index in [-0.39, 0.29) is 5.75 Å². The summed E-state index contributed by atoms with van der Waals surface area (Å²) in [5.74, 6) is 0.0231. The highest BCUT2D eigenvalue weighted by Gasteiger charge is 2.01. The fourth-order valence-corrected chi connectivity index (χ4v) is 1.48. The van der Waals surface area contributed by atoms with E-state index < -0.39 is 0 Å². The van der Waals surface area contributed by atoms with Crippen molar-refractivity contribution in [3.63, 3.8) is 0 Å². The lowest BCUT2D eigenvalue weighted by molar-refractivity contribution is 0.360. The number of rotatable bonds is 0. The topological polar surface area (TPSA) is 19.9 Å². The van der Waals surface area contributed by atoms with E-state index in [4.69, 9.17) is 11.6 Å². The molecule has 0 aromatic heterocycles. The molecule has 0 saturated heterocycles. The van der Waals surface area contributed by atoms with Gasteiger partial charge < -0.3 is 0 Å². The molecule has 2 rings (SSSR count). The van der Waals surface area contributed by atoms with Crippen LogP contribution in [0.1, 0.15) is 0 Å². The maximum atomic E-state index is 11.3. The van der Waals surface area contributed by atoms with E-state index in [2.05, 4.69) is 0 Å². The minimum absolute atomic E-state index is 0.0231. The van der Waals surface area contributed by atoms with Crippen LogP contribution in [-0.2, 0) is 5.11 Å². The van der Waals surface area contributed by atoms with E-state index in [1.54, 1.807) is 30.3 Å². The smallest absolute Gasteiger partial charge is 0.186 e. The average Bonchev–Trinajstić information content (AvgIpc) is 2.07. The summed E-state index contributed by atoms with van der Waals surface area (Å²) in [6.45, 7) is 0. The third-order valence-corrected chi connectivity index (χ3v) is 2.16. The molecule has 2 heteroatoms. The van der Waals surface area contributed by atoms with Crippen LogP contribution >= 0.6 is 11.6 Å². The van der Waals surface area contributed by atoms with Gasteiger partial charge in [0, 0.05) is 15.8 Å². The zero-order chi connectivity index (χ0) is 8.55. The lowest BCUT2D eigenvalue weighted by atomic mass is 10.1. The Bertz CT molecular complexity index is 382. The van der Waals surface area contributed by atoms with E-state index in [1.165, 1.54) is 0 Å². The van der Waals surface area contributed by atoms with Crippen molar-refractivity contribution in [2.75, 3.05) is 0 Å². The number of halogens is 1. The standard InChI is InChI=1S/C10H6ClO/c11-9-5-1-4-8-7(9)3-2-6-10(8)12/h1-6H. The highest BCUT2D eigenvalue weighted by molar-refractivity contribution is 6.35. The van der Waals surface area contributed by atoms with Crippen molar-refractivity contribution in [2.24, 2.45) is 0 Å². The summed E-state index contributed by atoms with van der Waals surface area (Å²) in [7, 11) is 0. The molecule has 0 spiro atoms. The molecular weight excluding hydrogens is 172 g/mol. The molecule has 0 amide bonds. The molecule has 0 aliphatic heterocycles. The van der Waals surface area contributed by atoms with Crippen molar-refractivity contribution in [2.45, 2.75) is 0 Å². The largest absolute Gasteiger partial charge is 0.289 e. The predicted molar refractivity (Wildman–Crippen MR) is 49.1 cm³/mol. The normalized spacial score (nSPS) is 10.4. The highest BCUT2D eigenvalue weighted by atomic mass is 35.5. The zero-order valence-electron chi connectivity index (χ0n) is 6.25. The summed E-state index contributed by atoms with van der Waals surface area (Å²) in [5.41, 5.74) is 0. The number of hydrogen-bond acceptors (Lipinski definition) is 0. The molecule has 0 heterocycles. The molecule has 0 bridgehead atoms. The first-order valence-electron chi connectivity index (χ1n) is 3.63. The van der Waals surface area contributed by atoms with Crippen LogP contribution in [0.25, 0.3) is 10.8 Å². The summed E-state index contributed by atoms with van der Waals surface area (Å²) in [6, 6.07) is 10.5. The Kier molecular flexibility index (Phi) is 1.66. The van der Waals surface area contributed by atoms with Gasteiger partial charge in [-0.05, 0) is 12.1 Å². The van der Waals surface area contributed by atoms with Crippen molar-refractivity contribution in [1.29, 1.82) is 0 Å². The van der Waals surface area contributed by atoms with Gasteiger partial charge in [-0.3, -0.25) is 5.11 Å². The second-order valence-electron chi connectivity index (χ2n) is 2.59. The van der Waals surface area contributed by atoms with Gasteiger partial charge in [0.05, 0.1) is 0 Å². The maximum absolute atomic E-state index is 11.3. The fourth-order valence-electron chi connectivity index (χ4n) is 1.24. The molecule has 59 valence electrons. The maximum Gasteiger partial charge on any atom is 0.186 e. The molecule has 1 nitrogen and oxygen atoms in total. The predicted octanol–water partition coefficient (Wildman–Crippen LogP) is 3.64. The number of benzene rings is 2. The Morgan fingerprint density at radius 1 is 0.917 bits per heavy atom. The molecular formula is C10H6ClO. The minimum Gasteiger partial charge on any atom is -0.289 e. The van der Waals surface area contributed by atoms with Crippen LogP contribution in [0.2, 0.25) is 5.02 Å². The summed E-state index contributed by atoms with van der Waals surface area (Å²) in [5, 5.41) is 13.4. The van der Waals surface area contributed by atoms with Gasteiger partial charge in [-0.2, -0.15) is 0 Å². The van der Waals surface area contributed by atoms with Crippen LogP contribution in [0.4, 0.5) is 0 Å². The summed E-state index contributed by atoms with van der Waals surface area (Å²) in [4.78, 5) is 0. The molecule has 0 aliphatic carbocycles. The molecule has 12 heavy (non-hydrogen) atoms. The van der Waals surface area contributed by atoms with Gasteiger partial charge >= 0.3 is 0 Å².